The molecule has 40 heavy (non-hydrogen) atoms. The highest BCUT2D eigenvalue weighted by Crippen LogP contribution is 2.29. The Bertz CT molecular complexity index is 1450. The van der Waals surface area contributed by atoms with E-state index in [1.54, 1.807) is 35.9 Å². The maximum absolute atomic E-state index is 13.8. The molecule has 1 aromatic carbocycles. The number of aryl methyl sites for hydroxylation is 1. The summed E-state index contributed by atoms with van der Waals surface area (Å²) < 4.78 is 27.2. The van der Waals surface area contributed by atoms with Crippen LogP contribution >= 0.6 is 11.6 Å². The van der Waals surface area contributed by atoms with Crippen molar-refractivity contribution in [3.8, 4) is 11.8 Å². The summed E-state index contributed by atoms with van der Waals surface area (Å²) in [6.07, 6.45) is 6.89. The van der Waals surface area contributed by atoms with Crippen molar-refractivity contribution in [1.82, 2.24) is 18.7 Å². The number of fused-ring (bicyclic) bond motifs is 1. The van der Waals surface area contributed by atoms with E-state index in [1.165, 1.54) is 4.57 Å². The van der Waals surface area contributed by atoms with Crippen LogP contribution in [0.4, 0.5) is 0 Å². The zero-order chi connectivity index (χ0) is 28.6. The van der Waals surface area contributed by atoms with E-state index in [-0.39, 0.29) is 49.8 Å². The number of benzene rings is 1. The molecule has 1 saturated heterocycles. The van der Waals surface area contributed by atoms with Gasteiger partial charge in [0.2, 0.25) is 0 Å². The average molecular weight is 575 g/mol. The Balaban J connectivity index is 1.64. The number of nitrogens with zero attached hydrogens (tertiary/aromatic N) is 4. The van der Waals surface area contributed by atoms with Crippen LogP contribution in [0.3, 0.4) is 0 Å². The summed E-state index contributed by atoms with van der Waals surface area (Å²) in [4.78, 5) is 42.5. The molecule has 0 saturated carbocycles. The quantitative estimate of drug-likeness (QED) is 0.132. The van der Waals surface area contributed by atoms with E-state index < -0.39 is 22.7 Å². The van der Waals surface area contributed by atoms with Crippen molar-refractivity contribution < 1.29 is 23.7 Å². The van der Waals surface area contributed by atoms with Crippen LogP contribution < -0.4 is 20.7 Å². The predicted octanol–water partition coefficient (Wildman–Crippen LogP) is 3.45. The molecule has 3 aromatic rings. The Hall–Kier alpha value is -3.41. The maximum atomic E-state index is 13.8. The number of carbonyl (C=O) groups excluding carboxylic acids is 1. The number of allylic oxidation sites excluding steroid dienone is 2. The first-order chi connectivity index (χ1) is 19.3. The molecule has 0 aliphatic carbocycles. The number of aromatic nitrogens is 4. The smallest absolute Gasteiger partial charge is 0.332 e. The van der Waals surface area contributed by atoms with Crippen molar-refractivity contribution in [2.75, 3.05) is 26.4 Å². The third kappa shape index (κ3) is 6.65. The van der Waals surface area contributed by atoms with E-state index in [1.807, 2.05) is 26.0 Å². The minimum absolute atomic E-state index is 0.0566. The third-order valence-corrected chi connectivity index (χ3v) is 6.89. The van der Waals surface area contributed by atoms with Crippen LogP contribution in [0.5, 0.6) is 11.8 Å². The molecule has 3 atom stereocenters. The van der Waals surface area contributed by atoms with Crippen LogP contribution in [0.2, 0.25) is 0 Å². The normalized spacial score (nSPS) is 17.2. The van der Waals surface area contributed by atoms with Crippen molar-refractivity contribution in [2.24, 2.45) is 7.05 Å². The number of hydrogen-bond acceptors (Lipinski definition) is 8. The molecule has 12 heteroatoms. The van der Waals surface area contributed by atoms with E-state index in [0.717, 1.165) is 30.1 Å². The predicted molar refractivity (Wildman–Crippen MR) is 151 cm³/mol. The molecule has 0 radical (unpaired) electrons. The highest BCUT2D eigenvalue weighted by Gasteiger charge is 2.27. The molecule has 1 fully saturated rings. The second kappa shape index (κ2) is 13.8. The van der Waals surface area contributed by atoms with Gasteiger partial charge in [0.1, 0.15) is 25.2 Å². The first-order valence-electron chi connectivity index (χ1n) is 13.4. The second-order valence-corrected chi connectivity index (χ2v) is 10.2. The van der Waals surface area contributed by atoms with E-state index in [0.29, 0.717) is 17.9 Å². The van der Waals surface area contributed by atoms with Crippen LogP contribution in [-0.2, 0) is 23.1 Å². The molecule has 3 heterocycles. The van der Waals surface area contributed by atoms with E-state index in [2.05, 4.69) is 4.98 Å². The molecular weight excluding hydrogens is 540 g/mol. The molecule has 1 aliphatic heterocycles. The third-order valence-electron chi connectivity index (χ3n) is 6.64. The lowest BCUT2D eigenvalue weighted by atomic mass is 10.2. The summed E-state index contributed by atoms with van der Waals surface area (Å²) >= 11 is 6.57. The molecule has 11 nitrogen and oxygen atoms in total. The number of ether oxygens (including phenoxy) is 4. The first kappa shape index (κ1) is 29.6. The average Bonchev–Trinajstić information content (AvgIpc) is 3.34. The Labute approximate surface area is 236 Å². The molecular formula is C28H35ClN4O7. The van der Waals surface area contributed by atoms with Gasteiger partial charge in [0.25, 0.3) is 11.6 Å². The largest absolute Gasteiger partial charge is 0.490 e. The Morgan fingerprint density at radius 1 is 1.20 bits per heavy atom. The molecule has 0 spiro atoms. The van der Waals surface area contributed by atoms with Gasteiger partial charge in [-0.15, -0.1) is 11.6 Å². The standard InChI is InChI=1S/C28H35ClN4O7/c1-4-8-22(19(2)29)33-24-25(30-27(33)40-16-15-37-21-10-7-9-20(17-21)18-34)31(3)28(36)32(26(24)35)12-14-39-23-11-5-6-13-38-23/h4,7-10,17-19,22-23H,5-6,11-16H2,1-3H3/b8-4+/t19-,22?,23?/m1/s1. The highest BCUT2D eigenvalue weighted by molar-refractivity contribution is 6.20. The lowest BCUT2D eigenvalue weighted by Crippen LogP contribution is -2.41. The molecule has 4 rings (SSSR count). The minimum Gasteiger partial charge on any atom is -0.490 e. The van der Waals surface area contributed by atoms with Gasteiger partial charge in [-0.3, -0.25) is 23.3 Å². The number of imidazole rings is 1. The number of rotatable bonds is 13. The first-order valence-corrected chi connectivity index (χ1v) is 13.8. The van der Waals surface area contributed by atoms with E-state index >= 15 is 0 Å². The molecule has 2 aromatic heterocycles. The number of alkyl halides is 1. The van der Waals surface area contributed by atoms with Crippen LogP contribution in [0.1, 0.15) is 49.5 Å². The topological polar surface area (TPSA) is 116 Å². The fourth-order valence-corrected chi connectivity index (χ4v) is 4.82. The lowest BCUT2D eigenvalue weighted by molar-refractivity contribution is -0.163. The van der Waals surface area contributed by atoms with Gasteiger partial charge in [0.15, 0.2) is 17.5 Å². The van der Waals surface area contributed by atoms with Crippen LogP contribution in [0.25, 0.3) is 11.2 Å². The van der Waals surface area contributed by atoms with Gasteiger partial charge in [0.05, 0.1) is 24.6 Å². The Kier molecular flexibility index (Phi) is 10.2. The second-order valence-electron chi connectivity index (χ2n) is 9.48. The monoisotopic (exact) mass is 574 g/mol. The Morgan fingerprint density at radius 2 is 2.00 bits per heavy atom. The number of carbonyl (C=O) groups is 1. The van der Waals surface area contributed by atoms with Gasteiger partial charge >= 0.3 is 5.69 Å². The highest BCUT2D eigenvalue weighted by atomic mass is 35.5. The van der Waals surface area contributed by atoms with Gasteiger partial charge in [-0.2, -0.15) is 4.98 Å². The molecule has 0 amide bonds. The van der Waals surface area contributed by atoms with Gasteiger partial charge < -0.3 is 18.9 Å². The molecule has 0 N–H and O–H groups in total. The summed E-state index contributed by atoms with van der Waals surface area (Å²) in [7, 11) is 1.56. The van der Waals surface area contributed by atoms with Crippen molar-refractivity contribution in [3.05, 3.63) is 62.8 Å². The fraction of sp³-hybridized carbons (Fsp3) is 0.500. The zero-order valence-corrected chi connectivity index (χ0v) is 23.7. The van der Waals surface area contributed by atoms with Crippen molar-refractivity contribution >= 4 is 29.1 Å². The molecule has 1 aliphatic rings. The van der Waals surface area contributed by atoms with Crippen LogP contribution in [0.15, 0.2) is 46.0 Å². The summed E-state index contributed by atoms with van der Waals surface area (Å²) in [6, 6.07) is 6.42. The van der Waals surface area contributed by atoms with Gasteiger partial charge in [-0.25, -0.2) is 4.79 Å². The van der Waals surface area contributed by atoms with Crippen molar-refractivity contribution in [1.29, 1.82) is 0 Å². The van der Waals surface area contributed by atoms with Crippen LogP contribution in [-0.4, -0.2) is 63.1 Å². The van der Waals surface area contributed by atoms with E-state index in [9.17, 15) is 14.4 Å². The van der Waals surface area contributed by atoms with Crippen molar-refractivity contribution in [3.63, 3.8) is 0 Å². The summed E-state index contributed by atoms with van der Waals surface area (Å²) in [5.74, 6) is 0.522. The van der Waals surface area contributed by atoms with E-state index in [4.69, 9.17) is 30.5 Å². The number of aldehydes is 1. The fourth-order valence-electron chi connectivity index (χ4n) is 4.63. The Morgan fingerprint density at radius 3 is 2.70 bits per heavy atom. The van der Waals surface area contributed by atoms with Crippen molar-refractivity contribution in [2.45, 2.75) is 57.4 Å². The van der Waals surface area contributed by atoms with Gasteiger partial charge in [0, 0.05) is 19.2 Å². The minimum atomic E-state index is -0.512. The lowest BCUT2D eigenvalue weighted by Gasteiger charge is -2.23. The number of halogens is 1. The zero-order valence-electron chi connectivity index (χ0n) is 23.0. The van der Waals surface area contributed by atoms with Gasteiger partial charge in [-0.05, 0) is 45.2 Å². The maximum Gasteiger partial charge on any atom is 0.332 e. The molecule has 216 valence electrons. The van der Waals surface area contributed by atoms with Gasteiger partial charge in [-0.1, -0.05) is 24.3 Å². The molecule has 0 bridgehead atoms. The summed E-state index contributed by atoms with van der Waals surface area (Å²) in [5.41, 5.74) is -0.145. The molecule has 2 unspecified atom stereocenters. The summed E-state index contributed by atoms with van der Waals surface area (Å²) in [5, 5.41) is -0.435. The van der Waals surface area contributed by atoms with Crippen LogP contribution in [0, 0.1) is 0 Å². The SMILES string of the molecule is C/C=C/C([C@@H](C)Cl)n1c(OCCOc2cccc(C=O)c2)nc2c1c(=O)n(CCOC1CCCCO1)c(=O)n2C. The summed E-state index contributed by atoms with van der Waals surface area (Å²) in [6.45, 7) is 4.75. The number of hydrogen-bond donors (Lipinski definition) is 0.